The molecule has 0 rings (SSSR count). The fourth-order valence-electron chi connectivity index (χ4n) is 0.765. The highest BCUT2D eigenvalue weighted by Gasteiger charge is 1.96. The quantitative estimate of drug-likeness (QED) is 0.484. The van der Waals surface area contributed by atoms with Crippen molar-refractivity contribution >= 4 is 6.21 Å². The summed E-state index contributed by atoms with van der Waals surface area (Å²) in [5.74, 6) is 1.27. The van der Waals surface area contributed by atoms with E-state index in [1.54, 1.807) is 13.3 Å². The van der Waals surface area contributed by atoms with Gasteiger partial charge in [-0.3, -0.25) is 0 Å². The lowest BCUT2D eigenvalue weighted by Crippen LogP contribution is -1.92. The number of methoxy groups -OCH3 is 2. The summed E-state index contributed by atoms with van der Waals surface area (Å²) < 4.78 is 9.89. The van der Waals surface area contributed by atoms with Crippen LogP contribution in [-0.4, -0.2) is 20.4 Å². The zero-order valence-corrected chi connectivity index (χ0v) is 8.76. The van der Waals surface area contributed by atoms with E-state index < -0.39 is 0 Å². The molecule has 0 aromatic carbocycles. The van der Waals surface area contributed by atoms with Crippen molar-refractivity contribution in [3.63, 3.8) is 0 Å². The van der Waals surface area contributed by atoms with Crippen LogP contribution in [-0.2, 0) is 9.47 Å². The van der Waals surface area contributed by atoms with Gasteiger partial charge in [-0.25, -0.2) is 4.99 Å². The maximum absolute atomic E-state index is 5.09. The maximum atomic E-state index is 5.09. The van der Waals surface area contributed by atoms with Crippen molar-refractivity contribution in [2.45, 2.75) is 20.3 Å². The molecule has 0 N–H and O–H groups in total. The average Bonchev–Trinajstić information content (AvgIpc) is 2.17. The van der Waals surface area contributed by atoms with Crippen molar-refractivity contribution in [3.05, 3.63) is 23.8 Å². The highest BCUT2D eigenvalue weighted by atomic mass is 16.5. The van der Waals surface area contributed by atoms with Crippen molar-refractivity contribution in [3.8, 4) is 0 Å². The first-order valence-corrected chi connectivity index (χ1v) is 4.16. The molecule has 3 nitrogen and oxygen atoms in total. The molecular formula is C10H17NO2. The molecule has 0 aliphatic carbocycles. The molecule has 0 saturated carbocycles. The SMILES string of the molecule is C=C(/N=C\C(CC)=C(/C)OC)OC. The number of nitrogens with zero attached hydrogens (tertiary/aromatic N) is 1. The molecule has 0 aromatic heterocycles. The number of hydrogen-bond donors (Lipinski definition) is 0. The van der Waals surface area contributed by atoms with Crippen LogP contribution in [0.2, 0.25) is 0 Å². The van der Waals surface area contributed by atoms with Gasteiger partial charge in [-0.15, -0.1) is 0 Å². The molecule has 0 amide bonds. The first-order chi connectivity index (χ1) is 6.15. The first-order valence-electron chi connectivity index (χ1n) is 4.16. The van der Waals surface area contributed by atoms with Gasteiger partial charge in [0.15, 0.2) is 0 Å². The first kappa shape index (κ1) is 11.8. The van der Waals surface area contributed by atoms with Gasteiger partial charge in [0.2, 0.25) is 5.88 Å². The molecule has 0 spiro atoms. The van der Waals surface area contributed by atoms with E-state index in [1.807, 2.05) is 13.8 Å². The summed E-state index contributed by atoms with van der Waals surface area (Å²) in [7, 11) is 3.18. The van der Waals surface area contributed by atoms with Crippen LogP contribution >= 0.6 is 0 Å². The van der Waals surface area contributed by atoms with Crippen molar-refractivity contribution in [2.75, 3.05) is 14.2 Å². The Morgan fingerprint density at radius 2 is 2.00 bits per heavy atom. The van der Waals surface area contributed by atoms with Crippen LogP contribution in [0.4, 0.5) is 0 Å². The standard InChI is InChI=1S/C10H17NO2/c1-6-10(8(2)12-4)7-11-9(3)13-5/h7H,3,6H2,1-2,4-5H3/b10-8+,11-7-. The largest absolute Gasteiger partial charge is 0.501 e. The molecule has 0 aliphatic heterocycles. The number of ether oxygens (including phenoxy) is 2. The number of hydrogen-bond acceptors (Lipinski definition) is 3. The Balaban J connectivity index is 4.46. The van der Waals surface area contributed by atoms with Gasteiger partial charge in [0.25, 0.3) is 0 Å². The zero-order valence-electron chi connectivity index (χ0n) is 8.76. The van der Waals surface area contributed by atoms with Crippen LogP contribution in [0.5, 0.6) is 0 Å². The van der Waals surface area contributed by atoms with Gasteiger partial charge >= 0.3 is 0 Å². The molecule has 0 radical (unpaired) electrons. The number of allylic oxidation sites excluding steroid dienone is 2. The Morgan fingerprint density at radius 3 is 2.38 bits per heavy atom. The molecule has 0 unspecified atom stereocenters. The fraction of sp³-hybridized carbons (Fsp3) is 0.500. The van der Waals surface area contributed by atoms with E-state index in [2.05, 4.69) is 11.6 Å². The maximum Gasteiger partial charge on any atom is 0.205 e. The predicted octanol–water partition coefficient (Wildman–Crippen LogP) is 2.51. The summed E-state index contributed by atoms with van der Waals surface area (Å²) in [5.41, 5.74) is 1.04. The van der Waals surface area contributed by atoms with Gasteiger partial charge in [-0.05, 0) is 19.9 Å². The van der Waals surface area contributed by atoms with E-state index in [4.69, 9.17) is 9.47 Å². The minimum atomic E-state index is 0.398. The number of aliphatic imine (C=N–C) groups is 1. The third-order valence-electron chi connectivity index (χ3n) is 1.74. The Bertz CT molecular complexity index is 229. The molecule has 0 fully saturated rings. The molecule has 0 saturated heterocycles. The summed E-state index contributed by atoms with van der Waals surface area (Å²) in [4.78, 5) is 4.00. The minimum absolute atomic E-state index is 0.398. The summed E-state index contributed by atoms with van der Waals surface area (Å²) in [6.07, 6.45) is 2.59. The van der Waals surface area contributed by atoms with Crippen LogP contribution in [0.25, 0.3) is 0 Å². The van der Waals surface area contributed by atoms with E-state index in [0.717, 1.165) is 17.8 Å². The predicted molar refractivity (Wildman–Crippen MR) is 54.6 cm³/mol. The van der Waals surface area contributed by atoms with Crippen LogP contribution < -0.4 is 0 Å². The van der Waals surface area contributed by atoms with Crippen LogP contribution in [0, 0.1) is 0 Å². The van der Waals surface area contributed by atoms with Crippen molar-refractivity contribution in [1.29, 1.82) is 0 Å². The molecular weight excluding hydrogens is 166 g/mol. The highest BCUT2D eigenvalue weighted by Crippen LogP contribution is 2.07. The lowest BCUT2D eigenvalue weighted by atomic mass is 10.2. The number of rotatable bonds is 5. The third-order valence-corrected chi connectivity index (χ3v) is 1.74. The van der Waals surface area contributed by atoms with Crippen molar-refractivity contribution < 1.29 is 9.47 Å². The second-order valence-electron chi connectivity index (χ2n) is 2.50. The fourth-order valence-corrected chi connectivity index (χ4v) is 0.765. The second-order valence-corrected chi connectivity index (χ2v) is 2.50. The normalized spacial score (nSPS) is 12.6. The van der Waals surface area contributed by atoms with Gasteiger partial charge in [0, 0.05) is 11.8 Å². The van der Waals surface area contributed by atoms with Gasteiger partial charge in [-0.2, -0.15) is 0 Å². The molecule has 13 heavy (non-hydrogen) atoms. The summed E-state index contributed by atoms with van der Waals surface area (Å²) in [6, 6.07) is 0. The Kier molecular flexibility index (Phi) is 5.68. The van der Waals surface area contributed by atoms with E-state index in [0.29, 0.717) is 5.88 Å². The molecule has 3 heteroatoms. The minimum Gasteiger partial charge on any atom is -0.501 e. The molecule has 0 aromatic rings. The second kappa shape index (κ2) is 6.29. The molecule has 74 valence electrons. The Morgan fingerprint density at radius 1 is 1.38 bits per heavy atom. The molecule has 0 bridgehead atoms. The van der Waals surface area contributed by atoms with Gasteiger partial charge in [0.05, 0.1) is 20.0 Å². The van der Waals surface area contributed by atoms with Crippen LogP contribution in [0.3, 0.4) is 0 Å². The van der Waals surface area contributed by atoms with E-state index in [9.17, 15) is 0 Å². The average molecular weight is 183 g/mol. The van der Waals surface area contributed by atoms with Crippen molar-refractivity contribution in [2.24, 2.45) is 4.99 Å². The topological polar surface area (TPSA) is 30.8 Å². The van der Waals surface area contributed by atoms with E-state index in [1.165, 1.54) is 7.11 Å². The molecule has 0 aliphatic rings. The summed E-state index contributed by atoms with van der Waals surface area (Å²) in [6.45, 7) is 7.53. The van der Waals surface area contributed by atoms with Crippen molar-refractivity contribution in [1.82, 2.24) is 0 Å². The van der Waals surface area contributed by atoms with E-state index >= 15 is 0 Å². The van der Waals surface area contributed by atoms with Gasteiger partial charge in [0.1, 0.15) is 0 Å². The smallest absolute Gasteiger partial charge is 0.205 e. The lowest BCUT2D eigenvalue weighted by molar-refractivity contribution is 0.288. The van der Waals surface area contributed by atoms with Gasteiger partial charge < -0.3 is 9.47 Å². The Hall–Kier alpha value is -1.25. The summed E-state index contributed by atoms with van der Waals surface area (Å²) in [5, 5.41) is 0. The van der Waals surface area contributed by atoms with Crippen LogP contribution in [0.15, 0.2) is 28.8 Å². The highest BCUT2D eigenvalue weighted by molar-refractivity contribution is 5.79. The summed E-state index contributed by atoms with van der Waals surface area (Å²) >= 11 is 0. The molecule has 0 atom stereocenters. The monoisotopic (exact) mass is 183 g/mol. The Labute approximate surface area is 79.8 Å². The van der Waals surface area contributed by atoms with Gasteiger partial charge in [-0.1, -0.05) is 6.92 Å². The molecule has 0 heterocycles. The lowest BCUT2D eigenvalue weighted by Gasteiger charge is -2.04. The van der Waals surface area contributed by atoms with E-state index in [-0.39, 0.29) is 0 Å². The zero-order chi connectivity index (χ0) is 10.3. The van der Waals surface area contributed by atoms with Crippen LogP contribution in [0.1, 0.15) is 20.3 Å². The third kappa shape index (κ3) is 4.35.